The molecular formula is C30H45N3O3S. The number of rotatable bonds is 15. The Labute approximate surface area is 224 Å². The molecule has 37 heavy (non-hydrogen) atoms. The molecular weight excluding hydrogens is 482 g/mol. The van der Waals surface area contributed by atoms with Crippen LogP contribution in [-0.2, 0) is 21.2 Å². The summed E-state index contributed by atoms with van der Waals surface area (Å²) < 4.78 is 22.9. The molecule has 204 valence electrons. The van der Waals surface area contributed by atoms with Crippen molar-refractivity contribution in [2.75, 3.05) is 24.5 Å². The molecule has 1 aliphatic heterocycles. The minimum absolute atomic E-state index is 0.148. The fraction of sp³-hybridized carbons (Fsp3) is 0.567. The summed E-state index contributed by atoms with van der Waals surface area (Å²) in [7, 11) is -3.66. The van der Waals surface area contributed by atoms with Gasteiger partial charge in [0.05, 0.1) is 4.90 Å². The van der Waals surface area contributed by atoms with Gasteiger partial charge < -0.3 is 9.80 Å². The monoisotopic (exact) mass is 527 g/mol. The molecule has 0 atom stereocenters. The molecule has 2 aromatic rings. The first-order valence-electron chi connectivity index (χ1n) is 14.1. The molecule has 7 heteroatoms. The van der Waals surface area contributed by atoms with Crippen LogP contribution in [0, 0.1) is 0 Å². The van der Waals surface area contributed by atoms with Gasteiger partial charge in [0.2, 0.25) is 15.9 Å². The lowest BCUT2D eigenvalue weighted by Gasteiger charge is -2.38. The number of unbranched alkanes of at least 4 members (excludes halogenated alkanes) is 7. The third kappa shape index (κ3) is 9.87. The Hall–Kier alpha value is -2.22. The maximum atomic E-state index is 13.4. The molecule has 1 aliphatic rings. The Morgan fingerprint density at radius 2 is 1.49 bits per heavy atom. The molecule has 0 bridgehead atoms. The zero-order valence-corrected chi connectivity index (χ0v) is 23.3. The number of carbonyl (C=O) groups excluding carboxylic acids is 1. The van der Waals surface area contributed by atoms with Gasteiger partial charge in [-0.1, -0.05) is 82.2 Å². The molecule has 0 aliphatic carbocycles. The molecule has 0 saturated carbocycles. The summed E-state index contributed by atoms with van der Waals surface area (Å²) in [5.74, 6) is 0.255. The second-order valence-corrected chi connectivity index (χ2v) is 11.9. The number of piperidine rings is 1. The normalized spacial score (nSPS) is 15.1. The third-order valence-corrected chi connectivity index (χ3v) is 8.37. The number of anilines is 1. The van der Waals surface area contributed by atoms with Crippen molar-refractivity contribution >= 4 is 21.6 Å². The molecule has 0 spiro atoms. The first-order chi connectivity index (χ1) is 17.9. The van der Waals surface area contributed by atoms with E-state index in [4.69, 9.17) is 5.14 Å². The molecule has 1 heterocycles. The average molecular weight is 528 g/mol. The highest BCUT2D eigenvalue weighted by Crippen LogP contribution is 2.25. The molecule has 0 unspecified atom stereocenters. The summed E-state index contributed by atoms with van der Waals surface area (Å²) in [6, 6.07) is 17.2. The van der Waals surface area contributed by atoms with E-state index in [9.17, 15) is 13.2 Å². The number of nitrogens with zero attached hydrogens (tertiary/aromatic N) is 2. The largest absolute Gasteiger partial charge is 0.309 e. The standard InChI is InChI=1S/C30H45N3O3S/c1-2-3-4-5-6-7-8-12-15-30(34)33(27-13-10-9-11-14-27)28-21-24-32(25-22-28)23-20-26-16-18-29(19-17-26)37(31,35)36/h9-11,13-14,16-19,28H,2-8,12,15,20-25H2,1H3,(H2,31,35,36). The summed E-state index contributed by atoms with van der Waals surface area (Å²) in [5.41, 5.74) is 2.11. The lowest BCUT2D eigenvalue weighted by molar-refractivity contribution is -0.119. The number of benzene rings is 2. The van der Waals surface area contributed by atoms with E-state index in [2.05, 4.69) is 28.9 Å². The van der Waals surface area contributed by atoms with Crippen LogP contribution >= 0.6 is 0 Å². The van der Waals surface area contributed by atoms with Crippen molar-refractivity contribution < 1.29 is 13.2 Å². The Morgan fingerprint density at radius 1 is 0.892 bits per heavy atom. The molecule has 2 N–H and O–H groups in total. The summed E-state index contributed by atoms with van der Waals surface area (Å²) in [6.45, 7) is 5.07. The van der Waals surface area contributed by atoms with Crippen molar-refractivity contribution in [3.63, 3.8) is 0 Å². The lowest BCUT2D eigenvalue weighted by atomic mass is 10.00. The second kappa shape index (κ2) is 15.3. The van der Waals surface area contributed by atoms with E-state index in [-0.39, 0.29) is 16.8 Å². The highest BCUT2D eigenvalue weighted by atomic mass is 32.2. The predicted octanol–water partition coefficient (Wildman–Crippen LogP) is 5.90. The number of nitrogens with two attached hydrogens (primary N) is 1. The minimum atomic E-state index is -3.66. The van der Waals surface area contributed by atoms with Gasteiger partial charge in [-0.3, -0.25) is 4.79 Å². The first-order valence-corrected chi connectivity index (χ1v) is 15.6. The fourth-order valence-corrected chi connectivity index (χ4v) is 5.73. The number of para-hydroxylation sites is 1. The molecule has 1 saturated heterocycles. The summed E-state index contributed by atoms with van der Waals surface area (Å²) >= 11 is 0. The maximum Gasteiger partial charge on any atom is 0.238 e. The van der Waals surface area contributed by atoms with Crippen molar-refractivity contribution in [2.24, 2.45) is 5.14 Å². The van der Waals surface area contributed by atoms with Gasteiger partial charge in [-0.25, -0.2) is 13.6 Å². The first kappa shape index (κ1) is 29.3. The van der Waals surface area contributed by atoms with Crippen molar-refractivity contribution in [3.8, 4) is 0 Å². The Bertz CT molecular complexity index is 1030. The topological polar surface area (TPSA) is 83.7 Å². The summed E-state index contributed by atoms with van der Waals surface area (Å²) in [4.78, 5) is 18.0. The number of sulfonamides is 1. The van der Waals surface area contributed by atoms with E-state index in [0.29, 0.717) is 6.42 Å². The zero-order valence-electron chi connectivity index (χ0n) is 22.5. The Morgan fingerprint density at radius 3 is 2.08 bits per heavy atom. The number of amides is 1. The zero-order chi connectivity index (χ0) is 26.5. The molecule has 2 aromatic carbocycles. The van der Waals surface area contributed by atoms with Crippen LogP contribution in [0.3, 0.4) is 0 Å². The molecule has 1 fully saturated rings. The van der Waals surface area contributed by atoms with Crippen molar-refractivity contribution in [2.45, 2.75) is 94.9 Å². The predicted molar refractivity (Wildman–Crippen MR) is 152 cm³/mol. The van der Waals surface area contributed by atoms with Gasteiger partial charge >= 0.3 is 0 Å². The van der Waals surface area contributed by atoms with Gasteiger partial charge in [0.15, 0.2) is 0 Å². The summed E-state index contributed by atoms with van der Waals surface area (Å²) in [6.07, 6.45) is 13.3. The van der Waals surface area contributed by atoms with E-state index >= 15 is 0 Å². The van der Waals surface area contributed by atoms with Gasteiger partial charge in [0.1, 0.15) is 0 Å². The van der Waals surface area contributed by atoms with Crippen LogP contribution in [0.2, 0.25) is 0 Å². The lowest BCUT2D eigenvalue weighted by Crippen LogP contribution is -2.48. The summed E-state index contributed by atoms with van der Waals surface area (Å²) in [5, 5.41) is 5.19. The number of likely N-dealkylation sites (tertiary alicyclic amines) is 1. The van der Waals surface area contributed by atoms with Gasteiger partial charge in [-0.2, -0.15) is 0 Å². The maximum absolute atomic E-state index is 13.4. The Balaban J connectivity index is 1.47. The van der Waals surface area contributed by atoms with Crippen LogP contribution < -0.4 is 10.0 Å². The van der Waals surface area contributed by atoms with Crippen LogP contribution in [0.25, 0.3) is 0 Å². The van der Waals surface area contributed by atoms with Gasteiger partial charge in [-0.15, -0.1) is 0 Å². The highest BCUT2D eigenvalue weighted by molar-refractivity contribution is 7.89. The Kier molecular flexibility index (Phi) is 12.1. The van der Waals surface area contributed by atoms with E-state index in [0.717, 1.165) is 63.0 Å². The number of hydrogen-bond acceptors (Lipinski definition) is 4. The SMILES string of the molecule is CCCCCCCCCCC(=O)N(c1ccccc1)C1CCN(CCc2ccc(S(N)(=O)=O)cc2)CC1. The smallest absolute Gasteiger partial charge is 0.238 e. The quantitative estimate of drug-likeness (QED) is 0.292. The second-order valence-electron chi connectivity index (χ2n) is 10.3. The highest BCUT2D eigenvalue weighted by Gasteiger charge is 2.28. The molecule has 6 nitrogen and oxygen atoms in total. The minimum Gasteiger partial charge on any atom is -0.309 e. The van der Waals surface area contributed by atoms with Crippen molar-refractivity contribution in [1.82, 2.24) is 4.90 Å². The van der Waals surface area contributed by atoms with Crippen LogP contribution in [0.15, 0.2) is 59.5 Å². The molecule has 1 amide bonds. The number of carbonyl (C=O) groups is 1. The van der Waals surface area contributed by atoms with Crippen LogP contribution in [-0.4, -0.2) is 44.9 Å². The van der Waals surface area contributed by atoms with E-state index in [1.807, 2.05) is 30.3 Å². The van der Waals surface area contributed by atoms with Gasteiger partial charge in [0, 0.05) is 37.8 Å². The van der Waals surface area contributed by atoms with E-state index in [1.54, 1.807) is 12.1 Å². The van der Waals surface area contributed by atoms with E-state index in [1.165, 1.54) is 38.5 Å². The van der Waals surface area contributed by atoms with Crippen molar-refractivity contribution in [1.29, 1.82) is 0 Å². The van der Waals surface area contributed by atoms with Gasteiger partial charge in [0.25, 0.3) is 0 Å². The third-order valence-electron chi connectivity index (χ3n) is 7.44. The van der Waals surface area contributed by atoms with Crippen LogP contribution in [0.1, 0.15) is 83.1 Å². The van der Waals surface area contributed by atoms with Crippen LogP contribution in [0.5, 0.6) is 0 Å². The molecule has 0 radical (unpaired) electrons. The van der Waals surface area contributed by atoms with E-state index < -0.39 is 10.0 Å². The average Bonchev–Trinajstić information content (AvgIpc) is 2.90. The molecule has 3 rings (SSSR count). The van der Waals surface area contributed by atoms with Crippen molar-refractivity contribution in [3.05, 3.63) is 60.2 Å². The number of primary sulfonamides is 1. The number of hydrogen-bond donors (Lipinski definition) is 1. The van der Waals surface area contributed by atoms with Crippen LogP contribution in [0.4, 0.5) is 5.69 Å². The fourth-order valence-electron chi connectivity index (χ4n) is 5.21. The molecule has 0 aromatic heterocycles. The van der Waals surface area contributed by atoms with Gasteiger partial charge in [-0.05, 0) is 55.5 Å².